The molecule has 14 heteroatoms. The van der Waals surface area contributed by atoms with E-state index in [4.69, 9.17) is 21.1 Å². The maximum Gasteiger partial charge on any atom is 0.411 e. The van der Waals surface area contributed by atoms with Gasteiger partial charge in [0.05, 0.1) is 31.5 Å². The number of methoxy groups -OCH3 is 2. The Labute approximate surface area is 221 Å². The smallest absolute Gasteiger partial charge is 0.411 e. The number of rotatable bonds is 12. The molecule has 1 amide bonds. The van der Waals surface area contributed by atoms with Crippen LogP contribution in [0.4, 0.5) is 20.0 Å². The molecule has 0 aliphatic rings. The predicted molar refractivity (Wildman–Crippen MR) is 137 cm³/mol. The molecule has 1 heterocycles. The number of carboxylic acid groups (broad SMARTS) is 1. The summed E-state index contributed by atoms with van der Waals surface area (Å²) >= 11 is 7.29. The van der Waals surface area contributed by atoms with E-state index in [0.29, 0.717) is 23.3 Å². The van der Waals surface area contributed by atoms with E-state index in [0.717, 1.165) is 32.7 Å². The van der Waals surface area contributed by atoms with Crippen LogP contribution in [0.15, 0.2) is 46.8 Å². The molecule has 0 saturated carbocycles. The maximum absolute atomic E-state index is 15.3. The van der Waals surface area contributed by atoms with Gasteiger partial charge in [-0.2, -0.15) is 0 Å². The highest BCUT2D eigenvalue weighted by Crippen LogP contribution is 2.36. The lowest BCUT2D eigenvalue weighted by Crippen LogP contribution is -2.32. The summed E-state index contributed by atoms with van der Waals surface area (Å²) in [5, 5.41) is 10.9. The van der Waals surface area contributed by atoms with Crippen LogP contribution >= 0.6 is 22.9 Å². The van der Waals surface area contributed by atoms with Crippen LogP contribution < -0.4 is 18.7 Å². The second-order valence-electron chi connectivity index (χ2n) is 7.48. The zero-order chi connectivity index (χ0) is 27.2. The molecule has 0 atom stereocenters. The Morgan fingerprint density at radius 1 is 1.24 bits per heavy atom. The number of benzene rings is 2. The molecule has 0 aliphatic carbocycles. The van der Waals surface area contributed by atoms with E-state index in [2.05, 4.69) is 4.98 Å². The Morgan fingerprint density at radius 2 is 2.00 bits per heavy atom. The minimum atomic E-state index is -4.58. The van der Waals surface area contributed by atoms with Crippen molar-refractivity contribution in [3.05, 3.63) is 58.3 Å². The average Bonchev–Trinajstić information content (AvgIpc) is 3.40. The lowest BCUT2D eigenvalue weighted by molar-refractivity contribution is -0.107. The number of sulfonamides is 1. The highest BCUT2D eigenvalue weighted by Gasteiger charge is 2.32. The number of aromatic nitrogens is 1. The molecule has 0 aliphatic heterocycles. The molecule has 0 bridgehead atoms. The van der Waals surface area contributed by atoms with Crippen LogP contribution in [0.3, 0.4) is 0 Å². The van der Waals surface area contributed by atoms with E-state index in [1.54, 1.807) is 23.6 Å². The third-order valence-electron chi connectivity index (χ3n) is 5.24. The van der Waals surface area contributed by atoms with E-state index in [-0.39, 0.29) is 41.8 Å². The molecule has 0 fully saturated rings. The van der Waals surface area contributed by atoms with Crippen molar-refractivity contribution in [3.63, 3.8) is 0 Å². The van der Waals surface area contributed by atoms with Crippen molar-refractivity contribution in [2.24, 2.45) is 0 Å². The number of thiazole rings is 1. The van der Waals surface area contributed by atoms with Crippen LogP contribution in [-0.2, 0) is 21.4 Å². The highest BCUT2D eigenvalue weighted by atomic mass is 35.5. The third-order valence-corrected chi connectivity index (χ3v) is 8.20. The van der Waals surface area contributed by atoms with Gasteiger partial charge in [0, 0.05) is 42.2 Å². The van der Waals surface area contributed by atoms with Crippen molar-refractivity contribution < 1.29 is 37.0 Å². The van der Waals surface area contributed by atoms with Crippen LogP contribution in [0.2, 0.25) is 5.02 Å². The number of unbranched alkanes of at least 4 members (excludes halogenated alkanes) is 1. The van der Waals surface area contributed by atoms with Crippen LogP contribution in [0.1, 0.15) is 18.4 Å². The van der Waals surface area contributed by atoms with Gasteiger partial charge in [0.1, 0.15) is 28.5 Å². The average molecular weight is 572 g/mol. The van der Waals surface area contributed by atoms with Crippen molar-refractivity contribution >= 4 is 56.2 Å². The van der Waals surface area contributed by atoms with Crippen molar-refractivity contribution in [1.82, 2.24) is 4.98 Å². The first-order valence-electron chi connectivity index (χ1n) is 10.7. The van der Waals surface area contributed by atoms with Crippen molar-refractivity contribution in [2.75, 3.05) is 30.0 Å². The Hall–Kier alpha value is -3.42. The molecule has 0 radical (unpaired) electrons. The summed E-state index contributed by atoms with van der Waals surface area (Å²) in [6.45, 7) is -0.392. The van der Waals surface area contributed by atoms with Gasteiger partial charge in [-0.15, -0.1) is 11.3 Å². The molecule has 198 valence electrons. The second-order valence-corrected chi connectivity index (χ2v) is 10.6. The van der Waals surface area contributed by atoms with Gasteiger partial charge in [-0.1, -0.05) is 11.6 Å². The number of nitrogens with zero attached hydrogens (tertiary/aromatic N) is 3. The van der Waals surface area contributed by atoms with Gasteiger partial charge >= 0.3 is 6.09 Å². The molecule has 0 spiro atoms. The number of aldehydes is 1. The van der Waals surface area contributed by atoms with E-state index >= 15 is 4.39 Å². The van der Waals surface area contributed by atoms with Crippen molar-refractivity contribution in [1.29, 1.82) is 0 Å². The first-order chi connectivity index (χ1) is 17.6. The molecule has 3 rings (SSSR count). The van der Waals surface area contributed by atoms with E-state index < -0.39 is 26.8 Å². The maximum atomic E-state index is 15.3. The Balaban J connectivity index is 2.06. The number of carbonyl (C=O) groups is 2. The molecule has 0 unspecified atom stereocenters. The summed E-state index contributed by atoms with van der Waals surface area (Å²) in [7, 11) is -1.68. The summed E-state index contributed by atoms with van der Waals surface area (Å²) < 4.78 is 54.2. The minimum Gasteiger partial charge on any atom is -0.497 e. The van der Waals surface area contributed by atoms with Gasteiger partial charge in [0.2, 0.25) is 0 Å². The summed E-state index contributed by atoms with van der Waals surface area (Å²) in [5.74, 6) is -0.365. The largest absolute Gasteiger partial charge is 0.497 e. The van der Waals surface area contributed by atoms with Crippen molar-refractivity contribution in [2.45, 2.75) is 24.3 Å². The number of ether oxygens (including phenoxy) is 2. The molecule has 37 heavy (non-hydrogen) atoms. The fourth-order valence-corrected chi connectivity index (χ4v) is 6.10. The molecule has 1 aromatic heterocycles. The summed E-state index contributed by atoms with van der Waals surface area (Å²) in [6, 6.07) is 6.44. The predicted octanol–water partition coefficient (Wildman–Crippen LogP) is 4.81. The third kappa shape index (κ3) is 6.29. The van der Waals surface area contributed by atoms with E-state index in [1.165, 1.54) is 20.4 Å². The normalized spacial score (nSPS) is 11.1. The molecule has 1 N–H and O–H groups in total. The fourth-order valence-electron chi connectivity index (χ4n) is 3.42. The van der Waals surface area contributed by atoms with Gasteiger partial charge in [0.25, 0.3) is 10.0 Å². The monoisotopic (exact) mass is 571 g/mol. The SMILES string of the molecule is COc1ccc(CN(c2nccs2)S(=O)(=O)c2cc(Cl)c(N(CCCC=O)C(=O)O)cc2F)c(OC)c1. The Bertz CT molecular complexity index is 1370. The van der Waals surface area contributed by atoms with Gasteiger partial charge in [-0.25, -0.2) is 26.9 Å². The molecule has 10 nitrogen and oxygen atoms in total. The fraction of sp³-hybridized carbons (Fsp3) is 0.261. The summed E-state index contributed by atoms with van der Waals surface area (Å²) in [4.78, 5) is 26.4. The number of anilines is 2. The first-order valence-corrected chi connectivity index (χ1v) is 13.4. The van der Waals surface area contributed by atoms with Gasteiger partial charge < -0.3 is 19.4 Å². The van der Waals surface area contributed by atoms with Gasteiger partial charge in [-0.05, 0) is 24.6 Å². The number of hydrogen-bond donors (Lipinski definition) is 1. The van der Waals surface area contributed by atoms with Crippen LogP contribution in [0.25, 0.3) is 0 Å². The lowest BCUT2D eigenvalue weighted by atomic mass is 10.2. The number of carbonyl (C=O) groups excluding carboxylic acids is 1. The van der Waals surface area contributed by atoms with Crippen LogP contribution in [-0.4, -0.2) is 51.7 Å². The van der Waals surface area contributed by atoms with E-state index in [9.17, 15) is 23.1 Å². The molecule has 0 saturated heterocycles. The Morgan fingerprint density at radius 3 is 2.59 bits per heavy atom. The number of halogens is 2. The van der Waals surface area contributed by atoms with Crippen molar-refractivity contribution in [3.8, 4) is 11.5 Å². The number of hydrogen-bond acceptors (Lipinski definition) is 8. The van der Waals surface area contributed by atoms with Crippen LogP contribution in [0.5, 0.6) is 11.5 Å². The zero-order valence-corrected chi connectivity index (χ0v) is 22.1. The van der Waals surface area contributed by atoms with Gasteiger partial charge in [-0.3, -0.25) is 4.90 Å². The van der Waals surface area contributed by atoms with Gasteiger partial charge in [0.15, 0.2) is 5.13 Å². The quantitative estimate of drug-likeness (QED) is 0.242. The minimum absolute atomic E-state index is 0.0681. The first kappa shape index (κ1) is 28.2. The topological polar surface area (TPSA) is 126 Å². The molecule has 3 aromatic rings. The number of amides is 1. The standard InChI is InChI=1S/C23H23ClFN3O7S2/c1-34-16-6-5-15(20(11-16)35-2)14-28(22-26-7-10-36-22)37(32,33)21-12-17(24)19(13-18(21)25)27(23(30)31)8-3-4-9-29/h5-7,9-13H,3-4,8,14H2,1-2H3,(H,30,31). The zero-order valence-electron chi connectivity index (χ0n) is 19.8. The highest BCUT2D eigenvalue weighted by molar-refractivity contribution is 7.93. The molecular formula is C23H23ClFN3O7S2. The molecule has 2 aromatic carbocycles. The summed E-state index contributed by atoms with van der Waals surface area (Å²) in [6.07, 6.45) is 0.870. The van der Waals surface area contributed by atoms with Crippen LogP contribution in [0, 0.1) is 5.82 Å². The Kier molecular flexibility index (Phi) is 9.29. The van der Waals surface area contributed by atoms with E-state index in [1.807, 2.05) is 0 Å². The summed E-state index contributed by atoms with van der Waals surface area (Å²) in [5.41, 5.74) is 0.214. The lowest BCUT2D eigenvalue weighted by Gasteiger charge is -2.25. The molecular weight excluding hydrogens is 549 g/mol. The second kappa shape index (κ2) is 12.2.